The zero-order valence-corrected chi connectivity index (χ0v) is 15.2. The molecule has 3 aromatic rings. The fourth-order valence-electron chi connectivity index (χ4n) is 2.10. The summed E-state index contributed by atoms with van der Waals surface area (Å²) in [4.78, 5) is 16.6. The van der Waals surface area contributed by atoms with Crippen LogP contribution in [-0.4, -0.2) is 32.9 Å². The highest BCUT2D eigenvalue weighted by atomic mass is 32.2. The number of hydrogen-bond acceptors (Lipinski definition) is 7. The Balaban J connectivity index is 1.50. The number of nitrogens with zero attached hydrogens (tertiary/aromatic N) is 3. The molecule has 0 saturated heterocycles. The van der Waals surface area contributed by atoms with E-state index in [9.17, 15) is 4.79 Å². The van der Waals surface area contributed by atoms with E-state index in [1.165, 1.54) is 27.8 Å². The first-order valence-electron chi connectivity index (χ1n) is 7.17. The smallest absolute Gasteiger partial charge is 0.230 e. The monoisotopic (exact) mass is 364 g/mol. The summed E-state index contributed by atoms with van der Waals surface area (Å²) in [7, 11) is 0. The van der Waals surface area contributed by atoms with Gasteiger partial charge in [0.1, 0.15) is 5.01 Å². The van der Waals surface area contributed by atoms with Crippen molar-refractivity contribution < 1.29 is 4.79 Å². The Hall–Kier alpha value is -1.51. The Labute approximate surface area is 146 Å². The second kappa shape index (κ2) is 7.37. The summed E-state index contributed by atoms with van der Waals surface area (Å²) in [5.74, 6) is 0.371. The van der Waals surface area contributed by atoms with Gasteiger partial charge in [0.05, 0.1) is 21.0 Å². The minimum atomic E-state index is 0.0106. The molecule has 0 fully saturated rings. The minimum absolute atomic E-state index is 0.0106. The third-order valence-electron chi connectivity index (χ3n) is 3.06. The van der Waals surface area contributed by atoms with Crippen LogP contribution in [0.2, 0.25) is 0 Å². The number of aromatic nitrogens is 3. The number of aryl methyl sites for hydroxylation is 1. The molecule has 1 amide bonds. The first kappa shape index (κ1) is 16.4. The Morgan fingerprint density at radius 3 is 2.87 bits per heavy atom. The molecular formula is C15H16N4OS3. The van der Waals surface area contributed by atoms with Crippen molar-refractivity contribution in [1.29, 1.82) is 0 Å². The van der Waals surface area contributed by atoms with Crippen molar-refractivity contribution in [3.05, 3.63) is 34.3 Å². The van der Waals surface area contributed by atoms with Crippen LogP contribution in [0.1, 0.15) is 16.9 Å². The molecule has 1 N–H and O–H groups in total. The van der Waals surface area contributed by atoms with E-state index in [-0.39, 0.29) is 11.9 Å². The van der Waals surface area contributed by atoms with Gasteiger partial charge in [-0.2, -0.15) is 0 Å². The standard InChI is InChI=1S/C15H16N4OS3/c1-9(7-14-17-11-5-3-4-6-12(11)23-14)16-13(20)8-21-15-19-18-10(2)22-15/h3-6,9H,7-8H2,1-2H3,(H,16,20). The molecule has 1 atom stereocenters. The minimum Gasteiger partial charge on any atom is -0.352 e. The number of carbonyl (C=O) groups excluding carboxylic acids is 1. The highest BCUT2D eigenvalue weighted by Gasteiger charge is 2.12. The van der Waals surface area contributed by atoms with Crippen LogP contribution in [-0.2, 0) is 11.2 Å². The number of benzene rings is 1. The number of thiazole rings is 1. The molecule has 1 unspecified atom stereocenters. The predicted molar refractivity (Wildman–Crippen MR) is 96.3 cm³/mol. The molecule has 0 aliphatic carbocycles. The van der Waals surface area contributed by atoms with Crippen molar-refractivity contribution in [3.8, 4) is 0 Å². The molecule has 0 spiro atoms. The van der Waals surface area contributed by atoms with Gasteiger partial charge in [-0.05, 0) is 26.0 Å². The highest BCUT2D eigenvalue weighted by molar-refractivity contribution is 8.01. The number of hydrogen-bond donors (Lipinski definition) is 1. The maximum Gasteiger partial charge on any atom is 0.230 e. The van der Waals surface area contributed by atoms with Crippen molar-refractivity contribution in [3.63, 3.8) is 0 Å². The van der Waals surface area contributed by atoms with Gasteiger partial charge in [-0.25, -0.2) is 4.98 Å². The lowest BCUT2D eigenvalue weighted by Gasteiger charge is -2.11. The van der Waals surface area contributed by atoms with Crippen LogP contribution in [0.3, 0.4) is 0 Å². The zero-order chi connectivity index (χ0) is 16.2. The molecule has 120 valence electrons. The molecule has 0 saturated carbocycles. The van der Waals surface area contributed by atoms with Crippen LogP contribution < -0.4 is 5.32 Å². The van der Waals surface area contributed by atoms with Crippen LogP contribution in [0.4, 0.5) is 0 Å². The predicted octanol–water partition coefficient (Wildman–Crippen LogP) is 3.30. The van der Waals surface area contributed by atoms with Crippen molar-refractivity contribution in [1.82, 2.24) is 20.5 Å². The van der Waals surface area contributed by atoms with Crippen LogP contribution in [0.5, 0.6) is 0 Å². The van der Waals surface area contributed by atoms with E-state index in [1.54, 1.807) is 11.3 Å². The Morgan fingerprint density at radius 1 is 1.30 bits per heavy atom. The van der Waals surface area contributed by atoms with E-state index in [1.807, 2.05) is 32.0 Å². The largest absolute Gasteiger partial charge is 0.352 e. The molecular weight excluding hydrogens is 348 g/mol. The van der Waals surface area contributed by atoms with Gasteiger partial charge >= 0.3 is 0 Å². The molecule has 3 rings (SSSR count). The fraction of sp³-hybridized carbons (Fsp3) is 0.333. The average Bonchev–Trinajstić information content (AvgIpc) is 3.10. The first-order chi connectivity index (χ1) is 11.1. The Morgan fingerprint density at radius 2 is 2.13 bits per heavy atom. The van der Waals surface area contributed by atoms with E-state index in [4.69, 9.17) is 0 Å². The summed E-state index contributed by atoms with van der Waals surface area (Å²) in [6.45, 7) is 3.91. The maximum atomic E-state index is 12.0. The number of thioether (sulfide) groups is 1. The number of rotatable bonds is 6. The van der Waals surface area contributed by atoms with E-state index < -0.39 is 0 Å². The Bertz CT molecular complexity index is 781. The molecule has 0 bridgehead atoms. The second-order valence-electron chi connectivity index (χ2n) is 5.12. The third-order valence-corrected chi connectivity index (χ3v) is 6.09. The molecule has 2 aromatic heterocycles. The number of carbonyl (C=O) groups is 1. The van der Waals surface area contributed by atoms with Crippen LogP contribution in [0.25, 0.3) is 10.2 Å². The van der Waals surface area contributed by atoms with Crippen LogP contribution in [0.15, 0.2) is 28.6 Å². The molecule has 1 aromatic carbocycles. The van der Waals surface area contributed by atoms with Gasteiger partial charge in [-0.15, -0.1) is 21.5 Å². The normalized spacial score (nSPS) is 12.4. The topological polar surface area (TPSA) is 67.8 Å². The maximum absolute atomic E-state index is 12.0. The van der Waals surface area contributed by atoms with Crippen molar-refractivity contribution in [2.24, 2.45) is 0 Å². The van der Waals surface area contributed by atoms with Gasteiger partial charge in [-0.1, -0.05) is 35.2 Å². The van der Waals surface area contributed by atoms with Gasteiger partial charge in [0.2, 0.25) is 5.91 Å². The molecule has 0 aliphatic rings. The highest BCUT2D eigenvalue weighted by Crippen LogP contribution is 2.23. The lowest BCUT2D eigenvalue weighted by molar-refractivity contribution is -0.119. The number of amides is 1. The van der Waals surface area contributed by atoms with Gasteiger partial charge in [0, 0.05) is 12.5 Å². The summed E-state index contributed by atoms with van der Waals surface area (Å²) in [5.41, 5.74) is 1.02. The average molecular weight is 365 g/mol. The number of nitrogens with one attached hydrogen (secondary N) is 1. The second-order valence-corrected chi connectivity index (χ2v) is 8.64. The number of para-hydroxylation sites is 1. The SMILES string of the molecule is Cc1nnc(SCC(=O)NC(C)Cc2nc3ccccc3s2)s1. The van der Waals surface area contributed by atoms with Crippen molar-refractivity contribution >= 4 is 50.6 Å². The van der Waals surface area contributed by atoms with E-state index in [0.717, 1.165) is 26.3 Å². The molecule has 23 heavy (non-hydrogen) atoms. The van der Waals surface area contributed by atoms with Crippen molar-refractivity contribution in [2.75, 3.05) is 5.75 Å². The van der Waals surface area contributed by atoms with Gasteiger partial charge in [0.15, 0.2) is 4.34 Å². The van der Waals surface area contributed by atoms with E-state index >= 15 is 0 Å². The van der Waals surface area contributed by atoms with Crippen LogP contribution in [0, 0.1) is 6.92 Å². The van der Waals surface area contributed by atoms with Gasteiger partial charge < -0.3 is 5.32 Å². The quantitative estimate of drug-likeness (QED) is 0.680. The summed E-state index contributed by atoms with van der Waals surface area (Å²) in [6.07, 6.45) is 0.744. The van der Waals surface area contributed by atoms with Crippen molar-refractivity contribution in [2.45, 2.75) is 30.6 Å². The molecule has 2 heterocycles. The van der Waals surface area contributed by atoms with Crippen LogP contribution >= 0.6 is 34.4 Å². The molecule has 5 nitrogen and oxygen atoms in total. The Kier molecular flexibility index (Phi) is 5.24. The van der Waals surface area contributed by atoms with E-state index in [2.05, 4.69) is 26.6 Å². The summed E-state index contributed by atoms with van der Waals surface area (Å²) >= 11 is 4.61. The number of fused-ring (bicyclic) bond motifs is 1. The van der Waals surface area contributed by atoms with E-state index in [0.29, 0.717) is 5.75 Å². The fourth-order valence-corrected chi connectivity index (χ4v) is 4.82. The molecule has 0 aliphatic heterocycles. The summed E-state index contributed by atoms with van der Waals surface area (Å²) < 4.78 is 2.01. The summed E-state index contributed by atoms with van der Waals surface area (Å²) in [6, 6.07) is 8.14. The molecule has 0 radical (unpaired) electrons. The molecule has 8 heteroatoms. The lowest BCUT2D eigenvalue weighted by atomic mass is 10.2. The summed E-state index contributed by atoms with van der Waals surface area (Å²) in [5, 5.41) is 12.9. The van der Waals surface area contributed by atoms with Gasteiger partial charge in [0.25, 0.3) is 0 Å². The lowest BCUT2D eigenvalue weighted by Crippen LogP contribution is -2.35. The van der Waals surface area contributed by atoms with Gasteiger partial charge in [-0.3, -0.25) is 4.79 Å². The first-order valence-corrected chi connectivity index (χ1v) is 9.79. The zero-order valence-electron chi connectivity index (χ0n) is 12.8. The third kappa shape index (κ3) is 4.49.